The fourth-order valence-corrected chi connectivity index (χ4v) is 4.12. The van der Waals surface area contributed by atoms with Gasteiger partial charge in [-0.05, 0) is 41.0 Å². The summed E-state index contributed by atoms with van der Waals surface area (Å²) in [4.78, 5) is 18.4. The molecule has 5 heteroatoms. The van der Waals surface area contributed by atoms with Crippen LogP contribution in [0.4, 0.5) is 9.18 Å². The van der Waals surface area contributed by atoms with E-state index in [9.17, 15) is 9.18 Å². The quantitative estimate of drug-likeness (QED) is 0.635. The molecular weight excluding hydrogens is 367 g/mol. The van der Waals surface area contributed by atoms with Crippen molar-refractivity contribution < 1.29 is 13.9 Å². The van der Waals surface area contributed by atoms with Crippen LogP contribution in [0.3, 0.4) is 0 Å². The minimum Gasteiger partial charge on any atom is -0.447 e. The molecule has 3 heterocycles. The molecule has 2 atom stereocenters. The van der Waals surface area contributed by atoms with E-state index < -0.39 is 0 Å². The predicted molar refractivity (Wildman–Crippen MR) is 109 cm³/mol. The number of nitrogens with zero attached hydrogens (tertiary/aromatic N) is 2. The Hall–Kier alpha value is -3.47. The Bertz CT molecular complexity index is 1090. The standard InChI is InChI=1S/C24H19FN2O2/c25-19-6-3-5-16(12-19)17-8-9-20(26-13-17)10-11-22-21-7-2-1-4-18(21)14-27-23(22)15-29-24(27)28/h1-13,22-23H,14-15H2/b11-10+. The number of carbonyl (C=O) groups is 1. The number of hydrogen-bond donors (Lipinski definition) is 0. The lowest BCUT2D eigenvalue weighted by molar-refractivity contribution is 0.154. The second-order valence-corrected chi connectivity index (χ2v) is 7.34. The van der Waals surface area contributed by atoms with Crippen molar-refractivity contribution in [3.05, 3.63) is 95.6 Å². The SMILES string of the molecule is O=C1OCC2C(/C=C/c3ccc(-c4cccc(F)c4)cn3)c3ccccc3CN12. The van der Waals surface area contributed by atoms with Crippen molar-refractivity contribution in [1.82, 2.24) is 9.88 Å². The topological polar surface area (TPSA) is 42.4 Å². The first-order valence-electron chi connectivity index (χ1n) is 9.60. The zero-order valence-electron chi connectivity index (χ0n) is 15.7. The van der Waals surface area contributed by atoms with Gasteiger partial charge in [-0.2, -0.15) is 0 Å². The Balaban J connectivity index is 1.42. The molecule has 29 heavy (non-hydrogen) atoms. The Morgan fingerprint density at radius 1 is 1.07 bits per heavy atom. The zero-order chi connectivity index (χ0) is 19.8. The van der Waals surface area contributed by atoms with E-state index in [4.69, 9.17) is 4.74 Å². The smallest absolute Gasteiger partial charge is 0.410 e. The molecule has 0 aliphatic carbocycles. The van der Waals surface area contributed by atoms with E-state index >= 15 is 0 Å². The molecule has 2 aliphatic heterocycles. The molecule has 1 aromatic heterocycles. The Kier molecular flexibility index (Phi) is 4.35. The fraction of sp³-hybridized carbons (Fsp3) is 0.167. The number of ether oxygens (including phenoxy) is 1. The zero-order valence-corrected chi connectivity index (χ0v) is 15.7. The molecule has 5 rings (SSSR count). The van der Waals surface area contributed by atoms with Gasteiger partial charge in [0.25, 0.3) is 0 Å². The van der Waals surface area contributed by atoms with Crippen LogP contribution in [0.1, 0.15) is 22.7 Å². The molecule has 2 aliphatic rings. The number of benzene rings is 2. The maximum absolute atomic E-state index is 13.4. The van der Waals surface area contributed by atoms with Gasteiger partial charge in [0.15, 0.2) is 0 Å². The molecule has 0 radical (unpaired) electrons. The maximum Gasteiger partial charge on any atom is 0.410 e. The maximum atomic E-state index is 13.4. The first kappa shape index (κ1) is 17.6. The summed E-state index contributed by atoms with van der Waals surface area (Å²) in [6.45, 7) is 0.985. The molecule has 144 valence electrons. The van der Waals surface area contributed by atoms with Gasteiger partial charge in [-0.25, -0.2) is 9.18 Å². The van der Waals surface area contributed by atoms with E-state index in [1.165, 1.54) is 17.7 Å². The minimum absolute atomic E-state index is 0.000201. The van der Waals surface area contributed by atoms with E-state index in [-0.39, 0.29) is 23.9 Å². The number of halogens is 1. The first-order chi connectivity index (χ1) is 14.2. The number of cyclic esters (lactones) is 1. The van der Waals surface area contributed by atoms with Crippen molar-refractivity contribution >= 4 is 12.2 Å². The van der Waals surface area contributed by atoms with Gasteiger partial charge in [0.2, 0.25) is 0 Å². The summed E-state index contributed by atoms with van der Waals surface area (Å²) in [7, 11) is 0. The number of fused-ring (bicyclic) bond motifs is 2. The molecule has 3 aromatic rings. The summed E-state index contributed by atoms with van der Waals surface area (Å²) < 4.78 is 18.7. The van der Waals surface area contributed by atoms with Gasteiger partial charge in [0.1, 0.15) is 12.4 Å². The number of aromatic nitrogens is 1. The largest absolute Gasteiger partial charge is 0.447 e. The van der Waals surface area contributed by atoms with Crippen LogP contribution < -0.4 is 0 Å². The van der Waals surface area contributed by atoms with Crippen LogP contribution in [0.15, 0.2) is 72.9 Å². The van der Waals surface area contributed by atoms with E-state index in [2.05, 4.69) is 23.2 Å². The summed E-state index contributed by atoms with van der Waals surface area (Å²) in [5, 5.41) is 0. The average molecular weight is 386 g/mol. The normalized spacial score (nSPS) is 20.4. The second kappa shape index (κ2) is 7.17. The summed E-state index contributed by atoms with van der Waals surface area (Å²) in [6, 6.07) is 18.5. The number of carbonyl (C=O) groups excluding carboxylic acids is 1. The van der Waals surface area contributed by atoms with Crippen LogP contribution in [0.2, 0.25) is 0 Å². The highest BCUT2D eigenvalue weighted by atomic mass is 19.1. The van der Waals surface area contributed by atoms with Crippen LogP contribution >= 0.6 is 0 Å². The van der Waals surface area contributed by atoms with E-state index in [0.717, 1.165) is 22.4 Å². The van der Waals surface area contributed by atoms with Gasteiger partial charge in [0, 0.05) is 24.2 Å². The van der Waals surface area contributed by atoms with Crippen LogP contribution in [-0.4, -0.2) is 28.6 Å². The molecule has 1 fully saturated rings. The highest BCUT2D eigenvalue weighted by Gasteiger charge is 2.42. The van der Waals surface area contributed by atoms with Gasteiger partial charge in [0.05, 0.1) is 11.7 Å². The van der Waals surface area contributed by atoms with Gasteiger partial charge < -0.3 is 4.74 Å². The fourth-order valence-electron chi connectivity index (χ4n) is 4.12. The van der Waals surface area contributed by atoms with Gasteiger partial charge >= 0.3 is 6.09 Å². The van der Waals surface area contributed by atoms with E-state index in [0.29, 0.717) is 13.2 Å². The monoisotopic (exact) mass is 386 g/mol. The minimum atomic E-state index is -0.264. The predicted octanol–water partition coefficient (Wildman–Crippen LogP) is 5.02. The third-order valence-corrected chi connectivity index (χ3v) is 5.60. The van der Waals surface area contributed by atoms with Gasteiger partial charge in [-0.3, -0.25) is 9.88 Å². The third-order valence-electron chi connectivity index (χ3n) is 5.60. The van der Waals surface area contributed by atoms with Crippen molar-refractivity contribution in [2.45, 2.75) is 18.5 Å². The molecule has 0 N–H and O–H groups in total. The molecule has 1 saturated heterocycles. The highest BCUT2D eigenvalue weighted by molar-refractivity contribution is 5.72. The third kappa shape index (κ3) is 3.29. The highest BCUT2D eigenvalue weighted by Crippen LogP contribution is 2.37. The lowest BCUT2D eigenvalue weighted by Crippen LogP contribution is -2.41. The van der Waals surface area contributed by atoms with Gasteiger partial charge in [-0.1, -0.05) is 48.5 Å². The average Bonchev–Trinajstić information content (AvgIpc) is 3.12. The number of hydrogen-bond acceptors (Lipinski definition) is 3. The van der Waals surface area contributed by atoms with Crippen LogP contribution in [0, 0.1) is 5.82 Å². The second-order valence-electron chi connectivity index (χ2n) is 7.34. The number of pyridine rings is 1. The van der Waals surface area contributed by atoms with E-state index in [1.54, 1.807) is 17.2 Å². The molecule has 1 amide bonds. The summed E-state index contributed by atoms with van der Waals surface area (Å²) in [5.74, 6) is -0.212. The van der Waals surface area contributed by atoms with Crippen LogP contribution in [-0.2, 0) is 11.3 Å². The lowest BCUT2D eigenvalue weighted by Gasteiger charge is -2.34. The molecular formula is C24H19FN2O2. The summed E-state index contributed by atoms with van der Waals surface area (Å²) >= 11 is 0. The summed E-state index contributed by atoms with van der Waals surface area (Å²) in [5.41, 5.74) is 4.84. The molecule has 4 nitrogen and oxygen atoms in total. The van der Waals surface area contributed by atoms with Crippen LogP contribution in [0.5, 0.6) is 0 Å². The number of rotatable bonds is 3. The Morgan fingerprint density at radius 2 is 1.97 bits per heavy atom. The number of amides is 1. The van der Waals surface area contributed by atoms with Gasteiger partial charge in [-0.15, -0.1) is 0 Å². The molecule has 0 spiro atoms. The molecule has 2 unspecified atom stereocenters. The van der Waals surface area contributed by atoms with Crippen molar-refractivity contribution in [3.8, 4) is 11.1 Å². The van der Waals surface area contributed by atoms with E-state index in [1.807, 2.05) is 36.4 Å². The van der Waals surface area contributed by atoms with Crippen molar-refractivity contribution in [2.75, 3.05) is 6.61 Å². The lowest BCUT2D eigenvalue weighted by atomic mass is 9.84. The summed E-state index contributed by atoms with van der Waals surface area (Å²) in [6.07, 6.45) is 5.57. The van der Waals surface area contributed by atoms with Crippen LogP contribution in [0.25, 0.3) is 17.2 Å². The molecule has 0 bridgehead atoms. The first-order valence-corrected chi connectivity index (χ1v) is 9.60. The van der Waals surface area contributed by atoms with Crippen molar-refractivity contribution in [1.29, 1.82) is 0 Å². The molecule has 2 aromatic carbocycles. The van der Waals surface area contributed by atoms with Crippen molar-refractivity contribution in [3.63, 3.8) is 0 Å². The Labute approximate surface area is 168 Å². The Morgan fingerprint density at radius 3 is 2.79 bits per heavy atom. The molecule has 0 saturated carbocycles. The van der Waals surface area contributed by atoms with Crippen molar-refractivity contribution in [2.24, 2.45) is 0 Å².